The lowest BCUT2D eigenvalue weighted by molar-refractivity contribution is 0.669. The van der Waals surface area contributed by atoms with E-state index in [4.69, 9.17) is 5.73 Å². The summed E-state index contributed by atoms with van der Waals surface area (Å²) in [6, 6.07) is 17.3. The number of unbranched alkanes of at least 4 members (excludes halogenated alkanes) is 3. The second-order valence-corrected chi connectivity index (χ2v) is 5.87. The number of fused-ring (bicyclic) bond motifs is 2. The van der Waals surface area contributed by atoms with Crippen LogP contribution in [0.2, 0.25) is 0 Å². The van der Waals surface area contributed by atoms with Crippen molar-refractivity contribution in [2.45, 2.75) is 39.0 Å². The Kier molecular flexibility index (Phi) is 4.10. The van der Waals surface area contributed by atoms with Gasteiger partial charge in [-0.1, -0.05) is 56.5 Å². The summed E-state index contributed by atoms with van der Waals surface area (Å²) in [5.74, 6) is 0. The van der Waals surface area contributed by atoms with Gasteiger partial charge < -0.3 is 5.73 Å². The topological polar surface area (TPSA) is 26.0 Å². The Balaban J connectivity index is 2.12. The Hall–Kier alpha value is -2.02. The van der Waals surface area contributed by atoms with Gasteiger partial charge in [0.15, 0.2) is 0 Å². The summed E-state index contributed by atoms with van der Waals surface area (Å²) < 4.78 is 0. The fourth-order valence-electron chi connectivity index (χ4n) is 3.17. The van der Waals surface area contributed by atoms with Crippen LogP contribution < -0.4 is 5.73 Å². The van der Waals surface area contributed by atoms with Crippen LogP contribution in [0.3, 0.4) is 0 Å². The van der Waals surface area contributed by atoms with Crippen molar-refractivity contribution in [3.63, 3.8) is 0 Å². The summed E-state index contributed by atoms with van der Waals surface area (Å²) in [7, 11) is 0. The summed E-state index contributed by atoms with van der Waals surface area (Å²) >= 11 is 0. The number of nitrogens with two attached hydrogens (primary N) is 1. The highest BCUT2D eigenvalue weighted by molar-refractivity contribution is 6.03. The molecule has 2 N–H and O–H groups in total. The predicted octanol–water partition coefficient (Wildman–Crippen LogP) is 5.70. The molecule has 0 unspecified atom stereocenters. The number of nitrogen functional groups attached to an aromatic ring is 1. The molecule has 0 saturated heterocycles. The molecule has 0 spiro atoms. The first kappa shape index (κ1) is 13.9. The van der Waals surface area contributed by atoms with Crippen molar-refractivity contribution in [1.82, 2.24) is 0 Å². The van der Waals surface area contributed by atoms with Gasteiger partial charge in [-0.3, -0.25) is 0 Å². The van der Waals surface area contributed by atoms with Gasteiger partial charge in [-0.15, -0.1) is 0 Å². The van der Waals surface area contributed by atoms with Gasteiger partial charge in [0, 0.05) is 5.69 Å². The first-order valence-corrected chi connectivity index (χ1v) is 7.99. The minimum Gasteiger partial charge on any atom is -0.399 e. The maximum Gasteiger partial charge on any atom is 0.0320 e. The first-order chi connectivity index (χ1) is 10.3. The molecule has 3 aromatic rings. The van der Waals surface area contributed by atoms with Crippen molar-refractivity contribution in [2.24, 2.45) is 0 Å². The SMILES string of the molecule is CCCCCCc1c2ccccc2cc2ccc(N)cc12. The smallest absolute Gasteiger partial charge is 0.0320 e. The van der Waals surface area contributed by atoms with Crippen LogP contribution in [0.1, 0.15) is 38.2 Å². The quantitative estimate of drug-likeness (QED) is 0.361. The Labute approximate surface area is 126 Å². The Bertz CT molecular complexity index is 758. The van der Waals surface area contributed by atoms with Gasteiger partial charge in [-0.25, -0.2) is 0 Å². The van der Waals surface area contributed by atoms with Gasteiger partial charge in [-0.2, -0.15) is 0 Å². The van der Waals surface area contributed by atoms with Crippen molar-refractivity contribution < 1.29 is 0 Å². The van der Waals surface area contributed by atoms with E-state index in [9.17, 15) is 0 Å². The molecule has 0 amide bonds. The van der Waals surface area contributed by atoms with Gasteiger partial charge in [0.1, 0.15) is 0 Å². The van der Waals surface area contributed by atoms with Crippen molar-refractivity contribution in [1.29, 1.82) is 0 Å². The monoisotopic (exact) mass is 277 g/mol. The van der Waals surface area contributed by atoms with Crippen molar-refractivity contribution in [3.05, 3.63) is 54.1 Å². The van der Waals surface area contributed by atoms with E-state index in [2.05, 4.69) is 49.4 Å². The van der Waals surface area contributed by atoms with E-state index in [0.717, 1.165) is 12.1 Å². The third-order valence-corrected chi connectivity index (χ3v) is 4.28. The zero-order chi connectivity index (χ0) is 14.7. The maximum absolute atomic E-state index is 6.01. The highest BCUT2D eigenvalue weighted by Gasteiger charge is 2.07. The molecule has 0 bridgehead atoms. The minimum atomic E-state index is 0.854. The van der Waals surface area contributed by atoms with Crippen LogP contribution in [0.15, 0.2) is 48.5 Å². The van der Waals surface area contributed by atoms with Crippen molar-refractivity contribution >= 4 is 27.2 Å². The Morgan fingerprint density at radius 3 is 2.48 bits per heavy atom. The van der Waals surface area contributed by atoms with Crippen molar-refractivity contribution in [2.75, 3.05) is 5.73 Å². The van der Waals surface area contributed by atoms with Gasteiger partial charge >= 0.3 is 0 Å². The summed E-state index contributed by atoms with van der Waals surface area (Å²) in [4.78, 5) is 0. The van der Waals surface area contributed by atoms with Crippen LogP contribution in [0, 0.1) is 0 Å². The zero-order valence-electron chi connectivity index (χ0n) is 12.7. The molecule has 1 heteroatoms. The Morgan fingerprint density at radius 2 is 1.62 bits per heavy atom. The molecule has 3 aromatic carbocycles. The second kappa shape index (κ2) is 6.17. The number of anilines is 1. The van der Waals surface area contributed by atoms with Gasteiger partial charge in [0.25, 0.3) is 0 Å². The molecule has 21 heavy (non-hydrogen) atoms. The number of hydrogen-bond donors (Lipinski definition) is 1. The minimum absolute atomic E-state index is 0.854. The highest BCUT2D eigenvalue weighted by atomic mass is 14.5. The normalized spacial score (nSPS) is 11.3. The van der Waals surface area contributed by atoms with Crippen LogP contribution in [0.25, 0.3) is 21.5 Å². The van der Waals surface area contributed by atoms with Gasteiger partial charge in [0.2, 0.25) is 0 Å². The van der Waals surface area contributed by atoms with E-state index in [1.165, 1.54) is 52.8 Å². The van der Waals surface area contributed by atoms with E-state index in [-0.39, 0.29) is 0 Å². The molecule has 0 radical (unpaired) electrons. The summed E-state index contributed by atoms with van der Waals surface area (Å²) in [6.07, 6.45) is 6.31. The van der Waals surface area contributed by atoms with Crippen LogP contribution in [-0.4, -0.2) is 0 Å². The highest BCUT2D eigenvalue weighted by Crippen LogP contribution is 2.31. The molecule has 0 atom stereocenters. The fraction of sp³-hybridized carbons (Fsp3) is 0.300. The Morgan fingerprint density at radius 1 is 0.810 bits per heavy atom. The number of rotatable bonds is 5. The molecule has 0 fully saturated rings. The molecule has 3 rings (SSSR count). The molecule has 0 aromatic heterocycles. The summed E-state index contributed by atoms with van der Waals surface area (Å²) in [5.41, 5.74) is 8.33. The first-order valence-electron chi connectivity index (χ1n) is 7.99. The van der Waals surface area contributed by atoms with E-state index >= 15 is 0 Å². The van der Waals surface area contributed by atoms with E-state index < -0.39 is 0 Å². The number of hydrogen-bond acceptors (Lipinski definition) is 1. The fourth-order valence-corrected chi connectivity index (χ4v) is 3.17. The van der Waals surface area contributed by atoms with Crippen LogP contribution >= 0.6 is 0 Å². The van der Waals surface area contributed by atoms with E-state index in [1.54, 1.807) is 0 Å². The lowest BCUT2D eigenvalue weighted by Crippen LogP contribution is -1.93. The zero-order valence-corrected chi connectivity index (χ0v) is 12.7. The van der Waals surface area contributed by atoms with Gasteiger partial charge in [-0.05, 0) is 58.1 Å². The van der Waals surface area contributed by atoms with Crippen LogP contribution in [0.5, 0.6) is 0 Å². The molecule has 108 valence electrons. The second-order valence-electron chi connectivity index (χ2n) is 5.87. The molecular formula is C20H23N. The van der Waals surface area contributed by atoms with E-state index in [0.29, 0.717) is 0 Å². The average molecular weight is 277 g/mol. The summed E-state index contributed by atoms with van der Waals surface area (Å²) in [6.45, 7) is 2.26. The van der Waals surface area contributed by atoms with Crippen LogP contribution in [0.4, 0.5) is 5.69 Å². The number of benzene rings is 3. The molecule has 0 aliphatic carbocycles. The molecule has 0 heterocycles. The summed E-state index contributed by atoms with van der Waals surface area (Å²) in [5, 5.41) is 5.34. The molecular weight excluding hydrogens is 254 g/mol. The third-order valence-electron chi connectivity index (χ3n) is 4.28. The maximum atomic E-state index is 6.01. The van der Waals surface area contributed by atoms with Crippen molar-refractivity contribution in [3.8, 4) is 0 Å². The lowest BCUT2D eigenvalue weighted by atomic mass is 9.93. The van der Waals surface area contributed by atoms with Gasteiger partial charge in [0.05, 0.1) is 0 Å². The molecule has 0 saturated carbocycles. The average Bonchev–Trinajstić information content (AvgIpc) is 2.51. The molecule has 0 aliphatic rings. The number of aryl methyl sites for hydroxylation is 1. The standard InChI is InChI=1S/C20H23N/c1-2-3-4-5-10-19-18-9-7-6-8-15(18)13-16-11-12-17(21)14-20(16)19/h6-9,11-14H,2-5,10,21H2,1H3. The molecule has 1 nitrogen and oxygen atoms in total. The van der Waals surface area contributed by atoms with Crippen LogP contribution in [-0.2, 0) is 6.42 Å². The largest absolute Gasteiger partial charge is 0.399 e. The van der Waals surface area contributed by atoms with E-state index in [1.807, 2.05) is 6.07 Å². The lowest BCUT2D eigenvalue weighted by Gasteiger charge is -2.12. The molecule has 0 aliphatic heterocycles. The predicted molar refractivity (Wildman–Crippen MR) is 93.7 cm³/mol. The third kappa shape index (κ3) is 2.87.